The summed E-state index contributed by atoms with van der Waals surface area (Å²) in [5, 5.41) is 15.4. The molecule has 8 heteroatoms. The van der Waals surface area contributed by atoms with Crippen LogP contribution in [0.2, 0.25) is 0 Å². The van der Waals surface area contributed by atoms with Gasteiger partial charge in [-0.15, -0.1) is 11.3 Å². The van der Waals surface area contributed by atoms with Crippen molar-refractivity contribution in [1.29, 1.82) is 0 Å². The molecule has 3 aromatic rings. The Bertz CT molecular complexity index is 892. The molecule has 1 amide bonds. The SMILES string of the molecule is O=C(Nc1nc(-c2ccc([N+](=O)[O-])cc2)cs1)c1ccc(F)cc1. The van der Waals surface area contributed by atoms with Crippen molar-refractivity contribution in [3.05, 3.63) is 75.4 Å². The summed E-state index contributed by atoms with van der Waals surface area (Å²) < 4.78 is 12.9. The maximum atomic E-state index is 12.9. The lowest BCUT2D eigenvalue weighted by Gasteiger charge is -2.01. The van der Waals surface area contributed by atoms with Crippen molar-refractivity contribution < 1.29 is 14.1 Å². The van der Waals surface area contributed by atoms with Crippen LogP contribution in [0.5, 0.6) is 0 Å². The zero-order chi connectivity index (χ0) is 17.1. The molecule has 1 N–H and O–H groups in total. The van der Waals surface area contributed by atoms with Crippen molar-refractivity contribution in [3.8, 4) is 11.3 Å². The van der Waals surface area contributed by atoms with Crippen LogP contribution in [0.4, 0.5) is 15.2 Å². The van der Waals surface area contributed by atoms with Crippen molar-refractivity contribution in [2.24, 2.45) is 0 Å². The summed E-state index contributed by atoms with van der Waals surface area (Å²) in [5.74, 6) is -0.805. The van der Waals surface area contributed by atoms with E-state index in [2.05, 4.69) is 10.3 Å². The topological polar surface area (TPSA) is 85.1 Å². The van der Waals surface area contributed by atoms with Crippen LogP contribution in [-0.4, -0.2) is 15.8 Å². The Morgan fingerprint density at radius 2 is 1.79 bits per heavy atom. The third kappa shape index (κ3) is 3.44. The molecule has 0 fully saturated rings. The van der Waals surface area contributed by atoms with E-state index in [0.29, 0.717) is 22.0 Å². The van der Waals surface area contributed by atoms with Gasteiger partial charge < -0.3 is 0 Å². The van der Waals surface area contributed by atoms with Crippen LogP contribution in [0.15, 0.2) is 53.9 Å². The Morgan fingerprint density at radius 1 is 1.12 bits per heavy atom. The molecule has 0 aliphatic carbocycles. The molecule has 24 heavy (non-hydrogen) atoms. The van der Waals surface area contributed by atoms with Gasteiger partial charge in [0.05, 0.1) is 10.6 Å². The average Bonchev–Trinajstić information content (AvgIpc) is 3.04. The number of nitrogens with one attached hydrogen (secondary N) is 1. The second-order valence-electron chi connectivity index (χ2n) is 4.80. The van der Waals surface area contributed by atoms with E-state index >= 15 is 0 Å². The fraction of sp³-hybridized carbons (Fsp3) is 0. The summed E-state index contributed by atoms with van der Waals surface area (Å²) in [6.07, 6.45) is 0. The van der Waals surface area contributed by atoms with Crippen LogP contribution in [0.25, 0.3) is 11.3 Å². The number of hydrogen-bond acceptors (Lipinski definition) is 5. The highest BCUT2D eigenvalue weighted by atomic mass is 32.1. The van der Waals surface area contributed by atoms with E-state index in [0.717, 1.165) is 0 Å². The molecule has 0 saturated carbocycles. The van der Waals surface area contributed by atoms with Crippen molar-refractivity contribution in [2.75, 3.05) is 5.32 Å². The minimum absolute atomic E-state index is 0.00110. The maximum absolute atomic E-state index is 12.9. The number of benzene rings is 2. The van der Waals surface area contributed by atoms with Crippen LogP contribution in [-0.2, 0) is 0 Å². The minimum atomic E-state index is -0.473. The maximum Gasteiger partial charge on any atom is 0.269 e. The van der Waals surface area contributed by atoms with Gasteiger partial charge >= 0.3 is 0 Å². The summed E-state index contributed by atoms with van der Waals surface area (Å²) in [6.45, 7) is 0. The molecule has 3 rings (SSSR count). The predicted molar refractivity (Wildman–Crippen MR) is 88.6 cm³/mol. The van der Waals surface area contributed by atoms with Crippen LogP contribution in [0.1, 0.15) is 10.4 Å². The first kappa shape index (κ1) is 15.8. The number of amides is 1. The lowest BCUT2D eigenvalue weighted by Crippen LogP contribution is -2.11. The normalized spacial score (nSPS) is 10.4. The highest BCUT2D eigenvalue weighted by molar-refractivity contribution is 7.14. The van der Waals surface area contributed by atoms with Crippen LogP contribution < -0.4 is 5.32 Å². The van der Waals surface area contributed by atoms with Gasteiger partial charge in [0.1, 0.15) is 5.82 Å². The number of nitro groups is 1. The number of thiazole rings is 1. The van der Waals surface area contributed by atoms with Crippen LogP contribution >= 0.6 is 11.3 Å². The van der Waals surface area contributed by atoms with E-state index in [9.17, 15) is 19.3 Å². The van der Waals surface area contributed by atoms with Crippen molar-refractivity contribution >= 4 is 28.1 Å². The second-order valence-corrected chi connectivity index (χ2v) is 5.66. The summed E-state index contributed by atoms with van der Waals surface area (Å²) >= 11 is 1.23. The molecule has 6 nitrogen and oxygen atoms in total. The van der Waals surface area contributed by atoms with E-state index in [1.165, 1.54) is 47.7 Å². The zero-order valence-corrected chi connectivity index (χ0v) is 12.9. The molecule has 1 aromatic heterocycles. The molecule has 0 aliphatic heterocycles. The van der Waals surface area contributed by atoms with Crippen LogP contribution in [0, 0.1) is 15.9 Å². The third-order valence-electron chi connectivity index (χ3n) is 3.20. The van der Waals surface area contributed by atoms with Gasteiger partial charge in [-0.25, -0.2) is 9.37 Å². The van der Waals surface area contributed by atoms with Gasteiger partial charge in [0.15, 0.2) is 5.13 Å². The lowest BCUT2D eigenvalue weighted by atomic mass is 10.1. The van der Waals surface area contributed by atoms with Gasteiger partial charge in [-0.3, -0.25) is 20.2 Å². The zero-order valence-electron chi connectivity index (χ0n) is 12.1. The van der Waals surface area contributed by atoms with Gasteiger partial charge in [0.25, 0.3) is 11.6 Å². The second kappa shape index (κ2) is 6.55. The largest absolute Gasteiger partial charge is 0.298 e. The number of anilines is 1. The number of hydrogen-bond donors (Lipinski definition) is 1. The minimum Gasteiger partial charge on any atom is -0.298 e. The fourth-order valence-electron chi connectivity index (χ4n) is 1.99. The molecule has 0 radical (unpaired) electrons. The fourth-order valence-corrected chi connectivity index (χ4v) is 2.70. The number of non-ortho nitro benzene ring substituents is 1. The molecular weight excluding hydrogens is 333 g/mol. The average molecular weight is 343 g/mol. The van der Waals surface area contributed by atoms with Gasteiger partial charge in [0, 0.05) is 28.6 Å². The molecular formula is C16H10FN3O3S. The molecule has 0 atom stereocenters. The molecule has 0 aliphatic rings. The third-order valence-corrected chi connectivity index (χ3v) is 3.96. The first-order valence-electron chi connectivity index (χ1n) is 6.80. The smallest absolute Gasteiger partial charge is 0.269 e. The molecule has 0 spiro atoms. The molecule has 0 unspecified atom stereocenters. The van der Waals surface area contributed by atoms with E-state index in [4.69, 9.17) is 0 Å². The van der Waals surface area contributed by atoms with Gasteiger partial charge in [0.2, 0.25) is 0 Å². The molecule has 2 aromatic carbocycles. The van der Waals surface area contributed by atoms with Gasteiger partial charge in [-0.2, -0.15) is 0 Å². The van der Waals surface area contributed by atoms with E-state index in [-0.39, 0.29) is 11.6 Å². The number of nitro benzene ring substituents is 1. The number of halogens is 1. The van der Waals surface area contributed by atoms with Crippen molar-refractivity contribution in [3.63, 3.8) is 0 Å². The summed E-state index contributed by atoms with van der Waals surface area (Å²) in [5.41, 5.74) is 1.63. The van der Waals surface area contributed by atoms with Crippen molar-refractivity contribution in [2.45, 2.75) is 0 Å². The monoisotopic (exact) mass is 343 g/mol. The first-order valence-corrected chi connectivity index (χ1v) is 7.68. The first-order chi connectivity index (χ1) is 11.5. The Hall–Kier alpha value is -3.13. The summed E-state index contributed by atoms with van der Waals surface area (Å²) in [4.78, 5) is 26.5. The van der Waals surface area contributed by atoms with Gasteiger partial charge in [-0.05, 0) is 36.4 Å². The Morgan fingerprint density at radius 3 is 2.42 bits per heavy atom. The van der Waals surface area contributed by atoms with Crippen molar-refractivity contribution in [1.82, 2.24) is 4.98 Å². The Labute approximate surface area is 139 Å². The molecule has 0 saturated heterocycles. The van der Waals surface area contributed by atoms with Crippen LogP contribution in [0.3, 0.4) is 0 Å². The predicted octanol–water partition coefficient (Wildman–Crippen LogP) is 4.11. The highest BCUT2D eigenvalue weighted by Crippen LogP contribution is 2.26. The molecule has 120 valence electrons. The highest BCUT2D eigenvalue weighted by Gasteiger charge is 2.11. The quantitative estimate of drug-likeness (QED) is 0.570. The number of rotatable bonds is 4. The van der Waals surface area contributed by atoms with E-state index in [1.807, 2.05) is 0 Å². The summed E-state index contributed by atoms with van der Waals surface area (Å²) in [7, 11) is 0. The van der Waals surface area contributed by atoms with E-state index in [1.54, 1.807) is 17.5 Å². The lowest BCUT2D eigenvalue weighted by molar-refractivity contribution is -0.384. The number of carbonyl (C=O) groups excluding carboxylic acids is 1. The van der Waals surface area contributed by atoms with E-state index < -0.39 is 10.7 Å². The standard InChI is InChI=1S/C16H10FN3O3S/c17-12-5-1-11(2-6-12)15(21)19-16-18-14(9-24-16)10-3-7-13(8-4-10)20(22)23/h1-9H,(H,18,19,21). The number of nitrogens with zero attached hydrogens (tertiary/aromatic N) is 2. The molecule has 0 bridgehead atoms. The van der Waals surface area contributed by atoms with Gasteiger partial charge in [-0.1, -0.05) is 0 Å². The number of carbonyl (C=O) groups is 1. The Balaban J connectivity index is 1.74. The summed E-state index contributed by atoms with van der Waals surface area (Å²) in [6, 6.07) is 11.2. The molecule has 1 heterocycles. The number of aromatic nitrogens is 1. The Kier molecular flexibility index (Phi) is 4.30.